The zero-order chi connectivity index (χ0) is 16.4. The Morgan fingerprint density at radius 1 is 1.29 bits per heavy atom. The average molecular weight is 378 g/mol. The Kier molecular flexibility index (Phi) is 6.65. The molecule has 1 aromatic rings. The molecule has 7 heteroatoms. The smallest absolute Gasteiger partial charge is 0.175 e. The van der Waals surface area contributed by atoms with Crippen molar-refractivity contribution in [1.29, 1.82) is 0 Å². The molecule has 2 aliphatic rings. The Morgan fingerprint density at radius 3 is 2.62 bits per heavy atom. The summed E-state index contributed by atoms with van der Waals surface area (Å²) < 4.78 is 42.4. The van der Waals surface area contributed by atoms with Crippen molar-refractivity contribution in [3.8, 4) is 0 Å². The van der Waals surface area contributed by atoms with Crippen LogP contribution in [-0.2, 0) is 21.2 Å². The summed E-state index contributed by atoms with van der Waals surface area (Å²) in [4.78, 5) is 0.00640. The third-order valence-corrected chi connectivity index (χ3v) is 6.12. The molecule has 24 heavy (non-hydrogen) atoms. The van der Waals surface area contributed by atoms with Gasteiger partial charge < -0.3 is 10.1 Å². The minimum atomic E-state index is -3.37. The van der Waals surface area contributed by atoms with Crippen molar-refractivity contribution in [1.82, 2.24) is 5.32 Å². The van der Waals surface area contributed by atoms with E-state index in [4.69, 9.17) is 4.74 Å². The Labute approximate surface area is 149 Å². The van der Waals surface area contributed by atoms with E-state index >= 15 is 0 Å². The highest BCUT2D eigenvalue weighted by atomic mass is 35.5. The first kappa shape index (κ1) is 19.6. The Balaban J connectivity index is 0.00000208. The molecule has 0 amide bonds. The summed E-state index contributed by atoms with van der Waals surface area (Å²) in [6.45, 7) is 3.10. The summed E-state index contributed by atoms with van der Waals surface area (Å²) in [6, 6.07) is 4.01. The van der Waals surface area contributed by atoms with Crippen molar-refractivity contribution in [3.63, 3.8) is 0 Å². The van der Waals surface area contributed by atoms with Gasteiger partial charge in [0, 0.05) is 11.8 Å². The van der Waals surface area contributed by atoms with E-state index in [0.29, 0.717) is 18.1 Å². The molecule has 1 N–H and O–H groups in total. The molecule has 0 spiro atoms. The SMILES string of the molecule is CS(=O)(=O)c1ccc(COC[C@@H]2C[C@@H]2C2CCNCC2)c(F)c1.Cl. The van der Waals surface area contributed by atoms with Crippen LogP contribution in [0.3, 0.4) is 0 Å². The molecule has 1 aromatic carbocycles. The van der Waals surface area contributed by atoms with E-state index in [9.17, 15) is 12.8 Å². The lowest BCUT2D eigenvalue weighted by atomic mass is 9.92. The summed E-state index contributed by atoms with van der Waals surface area (Å²) in [7, 11) is -3.37. The molecule has 3 rings (SSSR count). The molecular formula is C17H25ClFNO3S. The molecule has 2 atom stereocenters. The normalized spacial score (nSPS) is 24.4. The van der Waals surface area contributed by atoms with Crippen LogP contribution in [0.15, 0.2) is 23.1 Å². The lowest BCUT2D eigenvalue weighted by molar-refractivity contribution is 0.102. The maximum atomic E-state index is 13.9. The third kappa shape index (κ3) is 4.91. The molecule has 1 aliphatic carbocycles. The number of piperidine rings is 1. The quantitative estimate of drug-likeness (QED) is 0.828. The fraction of sp³-hybridized carbons (Fsp3) is 0.647. The van der Waals surface area contributed by atoms with Crippen LogP contribution in [0.5, 0.6) is 0 Å². The van der Waals surface area contributed by atoms with Gasteiger partial charge in [-0.25, -0.2) is 12.8 Å². The maximum Gasteiger partial charge on any atom is 0.175 e. The number of halogens is 2. The monoisotopic (exact) mass is 377 g/mol. The Morgan fingerprint density at radius 2 is 2.00 bits per heavy atom. The minimum absolute atomic E-state index is 0. The molecule has 4 nitrogen and oxygen atoms in total. The first-order chi connectivity index (χ1) is 10.9. The summed E-state index contributed by atoms with van der Waals surface area (Å²) in [5.41, 5.74) is 0.413. The molecule has 136 valence electrons. The number of sulfone groups is 1. The highest BCUT2D eigenvalue weighted by Gasteiger charge is 2.42. The van der Waals surface area contributed by atoms with E-state index in [0.717, 1.165) is 37.2 Å². The van der Waals surface area contributed by atoms with Gasteiger partial charge in [0.2, 0.25) is 0 Å². The van der Waals surface area contributed by atoms with E-state index in [2.05, 4.69) is 5.32 Å². The zero-order valence-electron chi connectivity index (χ0n) is 13.8. The lowest BCUT2D eigenvalue weighted by Gasteiger charge is -2.22. The van der Waals surface area contributed by atoms with E-state index in [1.165, 1.54) is 31.4 Å². The van der Waals surface area contributed by atoms with Gasteiger partial charge in [0.05, 0.1) is 18.1 Å². The molecule has 0 aromatic heterocycles. The van der Waals surface area contributed by atoms with Crippen molar-refractivity contribution in [3.05, 3.63) is 29.6 Å². The van der Waals surface area contributed by atoms with E-state index in [1.807, 2.05) is 0 Å². The fourth-order valence-corrected chi connectivity index (χ4v) is 4.14. The van der Waals surface area contributed by atoms with Crippen LogP contribution < -0.4 is 5.32 Å². The second kappa shape index (κ2) is 8.13. The molecule has 1 saturated heterocycles. The summed E-state index contributed by atoms with van der Waals surface area (Å²) in [6.07, 6.45) is 4.80. The standard InChI is InChI=1S/C17H24FNO3S.ClH/c1-23(20,21)15-3-2-13(17(18)9-15)10-22-11-14-8-16(14)12-4-6-19-7-5-12;/h2-3,9,12,14,16,19H,4-8,10-11H2,1H3;1H/t14-,16+;/m0./s1. The van der Waals surface area contributed by atoms with Gasteiger partial charge in [-0.2, -0.15) is 0 Å². The lowest BCUT2D eigenvalue weighted by Crippen LogP contribution is -2.29. The summed E-state index contributed by atoms with van der Waals surface area (Å²) in [5, 5.41) is 3.38. The number of benzene rings is 1. The van der Waals surface area contributed by atoms with Gasteiger partial charge in [-0.1, -0.05) is 6.07 Å². The Hall–Kier alpha value is -0.690. The number of hydrogen-bond donors (Lipinski definition) is 1. The van der Waals surface area contributed by atoms with Gasteiger partial charge >= 0.3 is 0 Å². The van der Waals surface area contributed by atoms with Crippen LogP contribution in [0.25, 0.3) is 0 Å². The van der Waals surface area contributed by atoms with Crippen LogP contribution in [0.1, 0.15) is 24.8 Å². The van der Waals surface area contributed by atoms with E-state index < -0.39 is 15.7 Å². The summed E-state index contributed by atoms with van der Waals surface area (Å²) >= 11 is 0. The van der Waals surface area contributed by atoms with Crippen LogP contribution >= 0.6 is 12.4 Å². The van der Waals surface area contributed by atoms with Gasteiger partial charge in [-0.05, 0) is 62.2 Å². The second-order valence-corrected chi connectivity index (χ2v) is 8.80. The fourth-order valence-electron chi connectivity index (χ4n) is 3.51. The van der Waals surface area contributed by atoms with Gasteiger partial charge in [0.1, 0.15) is 5.82 Å². The number of ether oxygens (including phenoxy) is 1. The second-order valence-electron chi connectivity index (χ2n) is 6.79. The molecule has 0 unspecified atom stereocenters. The predicted molar refractivity (Wildman–Crippen MR) is 93.6 cm³/mol. The highest BCUT2D eigenvalue weighted by Crippen LogP contribution is 2.47. The van der Waals surface area contributed by atoms with Crippen LogP contribution in [-0.4, -0.2) is 34.4 Å². The van der Waals surface area contributed by atoms with E-state index in [1.54, 1.807) is 0 Å². The van der Waals surface area contributed by atoms with E-state index in [-0.39, 0.29) is 23.9 Å². The van der Waals surface area contributed by atoms with Gasteiger partial charge in [-0.3, -0.25) is 0 Å². The topological polar surface area (TPSA) is 55.4 Å². The zero-order valence-corrected chi connectivity index (χ0v) is 15.5. The molecular weight excluding hydrogens is 353 g/mol. The van der Waals surface area contributed by atoms with Crippen molar-refractivity contribution in [2.24, 2.45) is 17.8 Å². The van der Waals surface area contributed by atoms with Gasteiger partial charge in [-0.15, -0.1) is 12.4 Å². The highest BCUT2D eigenvalue weighted by molar-refractivity contribution is 7.90. The first-order valence-electron chi connectivity index (χ1n) is 8.22. The largest absolute Gasteiger partial charge is 0.376 e. The Bertz CT molecular complexity index is 662. The average Bonchev–Trinajstić information content (AvgIpc) is 3.28. The van der Waals surface area contributed by atoms with Gasteiger partial charge in [0.25, 0.3) is 0 Å². The third-order valence-electron chi connectivity index (χ3n) is 5.01. The molecule has 1 heterocycles. The van der Waals surface area contributed by atoms with Crippen molar-refractivity contribution in [2.75, 3.05) is 26.0 Å². The molecule has 1 aliphatic heterocycles. The molecule has 0 radical (unpaired) electrons. The van der Waals surface area contributed by atoms with Crippen LogP contribution in [0.4, 0.5) is 4.39 Å². The van der Waals surface area contributed by atoms with Crippen molar-refractivity contribution < 1.29 is 17.5 Å². The van der Waals surface area contributed by atoms with Crippen molar-refractivity contribution >= 4 is 22.2 Å². The number of hydrogen-bond acceptors (Lipinski definition) is 4. The van der Waals surface area contributed by atoms with Crippen LogP contribution in [0, 0.1) is 23.6 Å². The maximum absolute atomic E-state index is 13.9. The molecule has 1 saturated carbocycles. The number of nitrogens with one attached hydrogen (secondary N) is 1. The van der Waals surface area contributed by atoms with Crippen LogP contribution in [0.2, 0.25) is 0 Å². The molecule has 0 bridgehead atoms. The van der Waals surface area contributed by atoms with Gasteiger partial charge in [0.15, 0.2) is 9.84 Å². The van der Waals surface area contributed by atoms with Crippen molar-refractivity contribution in [2.45, 2.75) is 30.8 Å². The minimum Gasteiger partial charge on any atom is -0.376 e. The first-order valence-corrected chi connectivity index (χ1v) is 10.1. The predicted octanol–water partition coefficient (Wildman–Crippen LogP) is 2.80. The summed E-state index contributed by atoms with van der Waals surface area (Å²) in [5.74, 6) is 1.68. The molecule has 2 fully saturated rings. The number of rotatable bonds is 6.